The molecule has 5 aromatic rings. The Balaban J connectivity index is 1.44. The number of fused-ring (bicyclic) bond motifs is 3. The van der Waals surface area contributed by atoms with Crippen LogP contribution in [-0.2, 0) is 10.8 Å². The van der Waals surface area contributed by atoms with Gasteiger partial charge in [0.15, 0.2) is 11.6 Å². The first-order valence-corrected chi connectivity index (χ1v) is 18.5. The second-order valence-corrected chi connectivity index (χ2v) is 18.2. The second kappa shape index (κ2) is 13.4. The van der Waals surface area contributed by atoms with E-state index in [1.54, 1.807) is 19.9 Å². The Morgan fingerprint density at radius 1 is 0.878 bits per heavy atom. The van der Waals surface area contributed by atoms with Gasteiger partial charge in [-0.15, -0.1) is 0 Å². The molecule has 1 aliphatic rings. The Kier molecular flexibility index (Phi) is 9.51. The Hall–Kier alpha value is -3.99. The molecule has 2 heterocycles. The maximum Gasteiger partial charge on any atom is 0.282 e. The van der Waals surface area contributed by atoms with Crippen LogP contribution >= 0.6 is 0 Å². The molecule has 0 spiro atoms. The predicted octanol–water partition coefficient (Wildman–Crippen LogP) is 8.53. The minimum absolute atomic E-state index is 0.126. The summed E-state index contributed by atoms with van der Waals surface area (Å²) in [5, 5.41) is 1.74. The first-order valence-electron chi connectivity index (χ1n) is 16.6. The van der Waals surface area contributed by atoms with Gasteiger partial charge in [-0.25, -0.2) is 22.0 Å². The summed E-state index contributed by atoms with van der Waals surface area (Å²) in [6.45, 7) is 7.82. The van der Waals surface area contributed by atoms with Gasteiger partial charge in [-0.2, -0.15) is 0 Å². The maximum absolute atomic E-state index is 16.6. The molecule has 0 saturated heterocycles. The molecular weight excluding hydrogens is 652 g/mol. The van der Waals surface area contributed by atoms with Crippen molar-refractivity contribution in [2.75, 3.05) is 19.8 Å². The van der Waals surface area contributed by atoms with Crippen molar-refractivity contribution in [3.05, 3.63) is 125 Å². The van der Waals surface area contributed by atoms with E-state index < -0.39 is 67.5 Å². The van der Waals surface area contributed by atoms with Gasteiger partial charge in [-0.1, -0.05) is 81.4 Å². The van der Waals surface area contributed by atoms with Crippen LogP contribution in [0.15, 0.2) is 91.0 Å². The number of aromatic amines is 1. The number of rotatable bonds is 10. The lowest BCUT2D eigenvalue weighted by molar-refractivity contribution is -0.0825. The van der Waals surface area contributed by atoms with Crippen LogP contribution in [0.5, 0.6) is 5.75 Å². The van der Waals surface area contributed by atoms with Crippen molar-refractivity contribution < 1.29 is 31.1 Å². The highest BCUT2D eigenvalue weighted by molar-refractivity contribution is 6.99. The zero-order chi connectivity index (χ0) is 35.1. The lowest BCUT2D eigenvalue weighted by atomic mass is 9.87. The zero-order valence-electron chi connectivity index (χ0n) is 28.3. The fourth-order valence-electron chi connectivity index (χ4n) is 7.44. The number of benzene rings is 4. The summed E-state index contributed by atoms with van der Waals surface area (Å²) < 4.78 is 91.8. The predicted molar refractivity (Wildman–Crippen MR) is 186 cm³/mol. The Morgan fingerprint density at radius 2 is 1.51 bits per heavy atom. The fraction of sp³-hybridized carbons (Fsp3) is 0.333. The molecular formula is C39H41F5N2O2Si. The highest BCUT2D eigenvalue weighted by Gasteiger charge is 2.52. The van der Waals surface area contributed by atoms with Crippen molar-refractivity contribution in [2.45, 2.75) is 64.1 Å². The minimum Gasteiger partial charge on any atom is -0.491 e. The maximum atomic E-state index is 16.6. The SMILES string of the molecule is CCOc1ccc(F)c([C@@H]2c3[nH]c4ccc(F)cc4c3C[C@@H](C)N2CC(F)(F)CO[Si](c2ccccc2)(c2ccccc2)C(C)(C)C)c1F. The number of halogens is 5. The van der Waals surface area contributed by atoms with Gasteiger partial charge < -0.3 is 14.1 Å². The third kappa shape index (κ3) is 6.42. The van der Waals surface area contributed by atoms with Crippen LogP contribution in [0.25, 0.3) is 10.9 Å². The normalized spacial score (nSPS) is 17.3. The molecule has 0 amide bonds. The molecule has 0 saturated carbocycles. The molecule has 0 aliphatic carbocycles. The van der Waals surface area contributed by atoms with E-state index in [9.17, 15) is 4.39 Å². The molecule has 258 valence electrons. The van der Waals surface area contributed by atoms with E-state index in [1.807, 2.05) is 81.4 Å². The lowest BCUT2D eigenvalue weighted by Gasteiger charge is -2.45. The number of alkyl halides is 2. The van der Waals surface area contributed by atoms with Gasteiger partial charge >= 0.3 is 0 Å². The average molecular weight is 693 g/mol. The van der Waals surface area contributed by atoms with Gasteiger partial charge in [0.25, 0.3) is 14.2 Å². The molecule has 49 heavy (non-hydrogen) atoms. The quantitative estimate of drug-likeness (QED) is 0.118. The third-order valence-electron chi connectivity index (χ3n) is 9.57. The Labute approximate surface area is 285 Å². The average Bonchev–Trinajstić information content (AvgIpc) is 3.41. The number of H-pyrrole nitrogens is 1. The van der Waals surface area contributed by atoms with E-state index in [2.05, 4.69) is 4.98 Å². The zero-order valence-corrected chi connectivity index (χ0v) is 29.3. The van der Waals surface area contributed by atoms with Gasteiger partial charge in [0.1, 0.15) is 11.6 Å². The second-order valence-electron chi connectivity index (χ2n) is 13.8. The van der Waals surface area contributed by atoms with Crippen molar-refractivity contribution in [3.8, 4) is 5.75 Å². The first-order chi connectivity index (χ1) is 23.3. The minimum atomic E-state index is -3.44. The summed E-state index contributed by atoms with van der Waals surface area (Å²) >= 11 is 0. The Morgan fingerprint density at radius 3 is 2.10 bits per heavy atom. The van der Waals surface area contributed by atoms with Crippen LogP contribution in [0.1, 0.15) is 57.5 Å². The first kappa shape index (κ1) is 34.9. The van der Waals surface area contributed by atoms with E-state index in [0.29, 0.717) is 22.2 Å². The van der Waals surface area contributed by atoms with Crippen molar-refractivity contribution in [3.63, 3.8) is 0 Å². The van der Waals surface area contributed by atoms with Crippen molar-refractivity contribution >= 4 is 29.6 Å². The highest BCUT2D eigenvalue weighted by atomic mass is 28.4. The van der Waals surface area contributed by atoms with Crippen molar-refractivity contribution in [1.29, 1.82) is 0 Å². The van der Waals surface area contributed by atoms with Gasteiger partial charge in [-0.3, -0.25) is 4.90 Å². The summed E-state index contributed by atoms with van der Waals surface area (Å²) in [6.07, 6.45) is 0.259. The smallest absolute Gasteiger partial charge is 0.282 e. The highest BCUT2D eigenvalue weighted by Crippen LogP contribution is 2.45. The molecule has 10 heteroatoms. The molecule has 2 atom stereocenters. The molecule has 0 bridgehead atoms. The van der Waals surface area contributed by atoms with Crippen molar-refractivity contribution in [1.82, 2.24) is 9.88 Å². The third-order valence-corrected chi connectivity index (χ3v) is 14.5. The molecule has 4 nitrogen and oxygen atoms in total. The van der Waals surface area contributed by atoms with Gasteiger partial charge in [-0.05, 0) is 71.6 Å². The van der Waals surface area contributed by atoms with Crippen LogP contribution in [0.3, 0.4) is 0 Å². The van der Waals surface area contributed by atoms with Gasteiger partial charge in [0, 0.05) is 22.6 Å². The Bertz CT molecular complexity index is 1890. The van der Waals surface area contributed by atoms with Gasteiger partial charge in [0.05, 0.1) is 31.4 Å². The van der Waals surface area contributed by atoms with E-state index in [0.717, 1.165) is 16.4 Å². The molecule has 1 aliphatic heterocycles. The van der Waals surface area contributed by atoms with Crippen molar-refractivity contribution in [2.24, 2.45) is 0 Å². The van der Waals surface area contributed by atoms with Crippen LogP contribution in [-0.4, -0.2) is 49.9 Å². The lowest BCUT2D eigenvalue weighted by Crippen LogP contribution is -2.67. The standard InChI is InChI=1S/C39H41F5N2O2Si/c1-6-47-33-20-18-31(41)34(35(33)42)37-36-30(29-22-26(40)17-19-32(29)45-36)21-25(2)46(37)23-39(43,44)24-48-49(38(3,4)5,27-13-9-7-10-14-27)28-15-11-8-12-16-28/h7-20,22,25,37,45H,6,21,23-24H2,1-5H3/t25-,37-/m1/s1. The fourth-order valence-corrected chi connectivity index (χ4v) is 12.0. The molecule has 0 fully saturated rings. The summed E-state index contributed by atoms with van der Waals surface area (Å²) in [5.41, 5.74) is 1.12. The summed E-state index contributed by atoms with van der Waals surface area (Å²) in [6, 6.07) is 23.6. The van der Waals surface area contributed by atoms with E-state index >= 15 is 17.6 Å². The number of hydrogen-bond donors (Lipinski definition) is 1. The van der Waals surface area contributed by atoms with E-state index in [-0.39, 0.29) is 18.8 Å². The molecule has 4 aromatic carbocycles. The number of ether oxygens (including phenoxy) is 1. The molecule has 0 radical (unpaired) electrons. The van der Waals surface area contributed by atoms with E-state index in [1.165, 1.54) is 23.1 Å². The van der Waals surface area contributed by atoms with E-state index in [4.69, 9.17) is 9.16 Å². The molecule has 0 unspecified atom stereocenters. The topological polar surface area (TPSA) is 37.5 Å². The molecule has 6 rings (SSSR count). The molecule has 1 N–H and O–H groups in total. The van der Waals surface area contributed by atoms with Crippen LogP contribution < -0.4 is 15.1 Å². The summed E-state index contributed by atoms with van der Waals surface area (Å²) in [7, 11) is -3.32. The number of hydrogen-bond acceptors (Lipinski definition) is 3. The number of nitrogens with zero attached hydrogens (tertiary/aromatic N) is 1. The number of aromatic nitrogens is 1. The largest absolute Gasteiger partial charge is 0.491 e. The number of nitrogens with one attached hydrogen (secondary N) is 1. The van der Waals surface area contributed by atoms with Gasteiger partial charge in [0.2, 0.25) is 0 Å². The summed E-state index contributed by atoms with van der Waals surface area (Å²) in [5.74, 6) is -5.95. The van der Waals surface area contributed by atoms with Crippen LogP contribution in [0.2, 0.25) is 5.04 Å². The molecule has 1 aromatic heterocycles. The van der Waals surface area contributed by atoms with Crippen LogP contribution in [0, 0.1) is 17.5 Å². The monoisotopic (exact) mass is 692 g/mol. The summed E-state index contributed by atoms with van der Waals surface area (Å²) in [4.78, 5) is 4.63. The van der Waals surface area contributed by atoms with Crippen LogP contribution in [0.4, 0.5) is 22.0 Å².